The van der Waals surface area contributed by atoms with Crippen LogP contribution in [0.2, 0.25) is 0 Å². The first-order chi connectivity index (χ1) is 12.7. The van der Waals surface area contributed by atoms with Gasteiger partial charge in [-0.05, 0) is 25.8 Å². The molecule has 7 heteroatoms. The number of ether oxygens (including phenoxy) is 1. The number of rotatable bonds is 6. The smallest absolute Gasteiger partial charge is 0.272 e. The van der Waals surface area contributed by atoms with Crippen LogP contribution in [-0.4, -0.2) is 27.3 Å². The van der Waals surface area contributed by atoms with Crippen LogP contribution >= 0.6 is 0 Å². The van der Waals surface area contributed by atoms with Crippen LogP contribution in [0.1, 0.15) is 34.7 Å². The molecule has 132 valence electrons. The van der Waals surface area contributed by atoms with E-state index in [1.165, 1.54) is 0 Å². The van der Waals surface area contributed by atoms with E-state index in [0.29, 0.717) is 11.6 Å². The molecular weight excluding hydrogens is 332 g/mol. The second kappa shape index (κ2) is 6.95. The van der Waals surface area contributed by atoms with Crippen LogP contribution in [0.25, 0.3) is 11.3 Å². The van der Waals surface area contributed by atoms with Crippen LogP contribution in [0.15, 0.2) is 47.0 Å². The zero-order valence-corrected chi connectivity index (χ0v) is 14.3. The Labute approximate surface area is 150 Å². The van der Waals surface area contributed by atoms with E-state index in [4.69, 9.17) is 9.26 Å². The number of nitrogens with one attached hydrogen (secondary N) is 1. The molecule has 0 saturated heterocycles. The van der Waals surface area contributed by atoms with Gasteiger partial charge in [-0.15, -0.1) is 10.2 Å². The third-order valence-electron chi connectivity index (χ3n) is 4.18. The van der Waals surface area contributed by atoms with E-state index in [1.807, 2.05) is 37.3 Å². The highest BCUT2D eigenvalue weighted by Crippen LogP contribution is 2.26. The second-order valence-electron chi connectivity index (χ2n) is 6.23. The van der Waals surface area contributed by atoms with Gasteiger partial charge in [-0.25, -0.2) is 0 Å². The Morgan fingerprint density at radius 1 is 1.19 bits per heavy atom. The van der Waals surface area contributed by atoms with Gasteiger partial charge in [0.05, 0.1) is 5.56 Å². The van der Waals surface area contributed by atoms with Crippen molar-refractivity contribution in [1.29, 1.82) is 0 Å². The minimum Gasteiger partial charge on any atom is -0.472 e. The summed E-state index contributed by atoms with van der Waals surface area (Å²) in [6.07, 6.45) is 2.06. The maximum Gasteiger partial charge on any atom is 0.272 e. The van der Waals surface area contributed by atoms with E-state index in [1.54, 1.807) is 12.1 Å². The number of hydrogen-bond acceptors (Lipinski definition) is 6. The first kappa shape index (κ1) is 16.3. The molecule has 7 nitrogen and oxygen atoms in total. The lowest BCUT2D eigenvalue weighted by molar-refractivity contribution is 0.0944. The van der Waals surface area contributed by atoms with Crippen molar-refractivity contribution in [2.24, 2.45) is 0 Å². The standard InChI is InChI=1S/C19H18N4O3/c1-12-15(18(23-26-12)13-5-3-2-4-6-13)11-25-17-10-9-16(21-22-17)19(24)20-14-7-8-14/h2-6,9-10,14H,7-8,11H2,1H3,(H,20,24). The van der Waals surface area contributed by atoms with Gasteiger partial charge in [0.25, 0.3) is 5.91 Å². The van der Waals surface area contributed by atoms with Crippen LogP contribution in [0.3, 0.4) is 0 Å². The van der Waals surface area contributed by atoms with Gasteiger partial charge in [0.2, 0.25) is 5.88 Å². The van der Waals surface area contributed by atoms with E-state index in [2.05, 4.69) is 20.7 Å². The number of benzene rings is 1. The first-order valence-electron chi connectivity index (χ1n) is 8.48. The lowest BCUT2D eigenvalue weighted by Crippen LogP contribution is -2.26. The minimum atomic E-state index is -0.201. The van der Waals surface area contributed by atoms with Crippen LogP contribution < -0.4 is 10.1 Å². The van der Waals surface area contributed by atoms with Crippen LogP contribution in [0.4, 0.5) is 0 Å². The van der Waals surface area contributed by atoms with E-state index in [9.17, 15) is 4.79 Å². The lowest BCUT2D eigenvalue weighted by atomic mass is 10.1. The molecule has 0 bridgehead atoms. The summed E-state index contributed by atoms with van der Waals surface area (Å²) in [6, 6.07) is 13.3. The van der Waals surface area contributed by atoms with Gasteiger partial charge in [0.1, 0.15) is 18.1 Å². The summed E-state index contributed by atoms with van der Waals surface area (Å²) in [5.41, 5.74) is 2.85. The normalized spacial score (nSPS) is 13.4. The fourth-order valence-electron chi connectivity index (χ4n) is 2.54. The molecule has 0 aliphatic heterocycles. The quantitative estimate of drug-likeness (QED) is 0.735. The minimum absolute atomic E-state index is 0.201. The number of aryl methyl sites for hydroxylation is 1. The summed E-state index contributed by atoms with van der Waals surface area (Å²) in [6.45, 7) is 2.09. The Hall–Kier alpha value is -3.22. The number of carbonyl (C=O) groups excluding carboxylic acids is 1. The predicted octanol–water partition coefficient (Wildman–Crippen LogP) is 2.91. The Kier molecular flexibility index (Phi) is 4.35. The molecular formula is C19H18N4O3. The molecule has 0 spiro atoms. The monoisotopic (exact) mass is 350 g/mol. The number of carbonyl (C=O) groups is 1. The number of aromatic nitrogens is 3. The Morgan fingerprint density at radius 3 is 2.69 bits per heavy atom. The maximum atomic E-state index is 11.9. The largest absolute Gasteiger partial charge is 0.472 e. The molecule has 1 saturated carbocycles. The van der Waals surface area contributed by atoms with Crippen molar-refractivity contribution in [2.45, 2.75) is 32.4 Å². The highest BCUT2D eigenvalue weighted by atomic mass is 16.5. The molecule has 2 heterocycles. The van der Waals surface area contributed by atoms with Crippen molar-refractivity contribution >= 4 is 5.91 Å². The molecule has 1 amide bonds. The topological polar surface area (TPSA) is 90.1 Å². The van der Waals surface area contributed by atoms with E-state index < -0.39 is 0 Å². The van der Waals surface area contributed by atoms with Gasteiger partial charge in [0, 0.05) is 17.7 Å². The van der Waals surface area contributed by atoms with Gasteiger partial charge in [-0.1, -0.05) is 35.5 Å². The van der Waals surface area contributed by atoms with Gasteiger partial charge in [-0.3, -0.25) is 4.79 Å². The molecule has 0 radical (unpaired) electrons. The van der Waals surface area contributed by atoms with Crippen molar-refractivity contribution in [3.05, 3.63) is 59.5 Å². The molecule has 26 heavy (non-hydrogen) atoms. The molecule has 1 aliphatic rings. The van der Waals surface area contributed by atoms with E-state index in [-0.39, 0.29) is 24.2 Å². The van der Waals surface area contributed by atoms with Crippen molar-refractivity contribution in [3.8, 4) is 17.1 Å². The molecule has 0 atom stereocenters. The van der Waals surface area contributed by atoms with Crippen molar-refractivity contribution in [3.63, 3.8) is 0 Å². The summed E-state index contributed by atoms with van der Waals surface area (Å²) >= 11 is 0. The van der Waals surface area contributed by atoms with Gasteiger partial charge in [0.15, 0.2) is 5.69 Å². The van der Waals surface area contributed by atoms with E-state index in [0.717, 1.165) is 29.7 Å². The highest BCUT2D eigenvalue weighted by molar-refractivity contribution is 5.92. The third-order valence-corrected chi connectivity index (χ3v) is 4.18. The van der Waals surface area contributed by atoms with Crippen molar-refractivity contribution in [2.75, 3.05) is 0 Å². The molecule has 4 rings (SSSR count). The summed E-state index contributed by atoms with van der Waals surface area (Å²) in [5, 5.41) is 14.9. The van der Waals surface area contributed by atoms with Gasteiger partial charge >= 0.3 is 0 Å². The molecule has 1 N–H and O–H groups in total. The fourth-order valence-corrected chi connectivity index (χ4v) is 2.54. The molecule has 1 aromatic carbocycles. The summed E-state index contributed by atoms with van der Waals surface area (Å²) in [5.74, 6) is 0.831. The molecule has 0 unspecified atom stereocenters. The average Bonchev–Trinajstić information content (AvgIpc) is 3.41. The molecule has 1 fully saturated rings. The predicted molar refractivity (Wildman–Crippen MR) is 93.5 cm³/mol. The zero-order valence-electron chi connectivity index (χ0n) is 14.3. The first-order valence-corrected chi connectivity index (χ1v) is 8.48. The number of nitrogens with zero attached hydrogens (tertiary/aromatic N) is 3. The van der Waals surface area contributed by atoms with Gasteiger partial charge < -0.3 is 14.6 Å². The summed E-state index contributed by atoms with van der Waals surface area (Å²) < 4.78 is 11.0. The highest BCUT2D eigenvalue weighted by Gasteiger charge is 2.24. The lowest BCUT2D eigenvalue weighted by Gasteiger charge is -2.06. The van der Waals surface area contributed by atoms with Crippen LogP contribution in [0, 0.1) is 6.92 Å². The van der Waals surface area contributed by atoms with Crippen molar-refractivity contribution < 1.29 is 14.1 Å². The fraction of sp³-hybridized carbons (Fsp3) is 0.263. The van der Waals surface area contributed by atoms with Gasteiger partial charge in [-0.2, -0.15) is 0 Å². The summed E-state index contributed by atoms with van der Waals surface area (Å²) in [4.78, 5) is 11.9. The maximum absolute atomic E-state index is 11.9. The number of amides is 1. The van der Waals surface area contributed by atoms with Crippen molar-refractivity contribution in [1.82, 2.24) is 20.7 Å². The Balaban J connectivity index is 1.44. The molecule has 3 aromatic rings. The Morgan fingerprint density at radius 2 is 2.00 bits per heavy atom. The zero-order chi connectivity index (χ0) is 17.9. The van der Waals surface area contributed by atoms with Crippen LogP contribution in [-0.2, 0) is 6.61 Å². The third kappa shape index (κ3) is 3.56. The average molecular weight is 350 g/mol. The van der Waals surface area contributed by atoms with E-state index >= 15 is 0 Å². The Bertz CT molecular complexity index is 902. The SMILES string of the molecule is Cc1onc(-c2ccccc2)c1COc1ccc(C(=O)NC2CC2)nn1. The second-order valence-corrected chi connectivity index (χ2v) is 6.23. The molecule has 1 aliphatic carbocycles. The summed E-state index contributed by atoms with van der Waals surface area (Å²) in [7, 11) is 0. The van der Waals surface area contributed by atoms with Crippen LogP contribution in [0.5, 0.6) is 5.88 Å². The number of hydrogen-bond donors (Lipinski definition) is 1. The molecule has 2 aromatic heterocycles.